The highest BCUT2D eigenvalue weighted by atomic mass is 16.5. The van der Waals surface area contributed by atoms with Crippen LogP contribution in [-0.4, -0.2) is 26.2 Å². The quantitative estimate of drug-likeness (QED) is 0.678. The Morgan fingerprint density at radius 1 is 1.50 bits per heavy atom. The van der Waals surface area contributed by atoms with Crippen molar-refractivity contribution < 1.29 is 9.53 Å². The van der Waals surface area contributed by atoms with Crippen LogP contribution >= 0.6 is 0 Å². The van der Waals surface area contributed by atoms with Gasteiger partial charge in [0.2, 0.25) is 5.91 Å². The van der Waals surface area contributed by atoms with Crippen molar-refractivity contribution in [2.24, 2.45) is 5.41 Å². The van der Waals surface area contributed by atoms with E-state index in [9.17, 15) is 4.79 Å². The summed E-state index contributed by atoms with van der Waals surface area (Å²) in [7, 11) is 1.67. The highest BCUT2D eigenvalue weighted by Crippen LogP contribution is 2.12. The summed E-state index contributed by atoms with van der Waals surface area (Å²) < 4.78 is 5.02. The van der Waals surface area contributed by atoms with Gasteiger partial charge in [-0.05, 0) is 0 Å². The summed E-state index contributed by atoms with van der Waals surface area (Å²) in [5, 5.41) is 2.84. The number of hydrogen-bond donors (Lipinski definition) is 1. The van der Waals surface area contributed by atoms with Crippen molar-refractivity contribution in [3.8, 4) is 0 Å². The van der Waals surface area contributed by atoms with Gasteiger partial charge in [-0.25, -0.2) is 0 Å². The Bertz CT molecular complexity index is 143. The maximum absolute atomic E-state index is 10.9. The van der Waals surface area contributed by atoms with E-state index in [1.165, 1.54) is 0 Å². The third kappa shape index (κ3) is 5.13. The summed E-state index contributed by atoms with van der Waals surface area (Å²) in [5.74, 6) is 0.0965. The number of ether oxygens (including phenoxy) is 1. The maximum Gasteiger partial charge on any atom is 0.219 e. The second-order valence-corrected chi connectivity index (χ2v) is 3.73. The third-order valence-corrected chi connectivity index (χ3v) is 1.62. The van der Waals surface area contributed by atoms with Crippen LogP contribution in [0, 0.1) is 5.41 Å². The highest BCUT2D eigenvalue weighted by Gasteiger charge is 2.17. The highest BCUT2D eigenvalue weighted by molar-refractivity contribution is 5.75. The molecule has 0 aromatic carbocycles. The van der Waals surface area contributed by atoms with Crippen LogP contribution in [0.5, 0.6) is 0 Å². The van der Waals surface area contributed by atoms with E-state index in [4.69, 9.17) is 4.74 Å². The van der Waals surface area contributed by atoms with Gasteiger partial charge in [-0.15, -0.1) is 0 Å². The number of carbonyl (C=O) groups is 1. The van der Waals surface area contributed by atoms with Gasteiger partial charge in [-0.1, -0.05) is 20.8 Å². The Morgan fingerprint density at radius 3 is 2.50 bits per heavy atom. The summed E-state index contributed by atoms with van der Waals surface area (Å²) in [5.41, 5.74) is 0.0274. The lowest BCUT2D eigenvalue weighted by Crippen LogP contribution is -2.36. The van der Waals surface area contributed by atoms with Crippen molar-refractivity contribution in [3.63, 3.8) is 0 Å². The van der Waals surface area contributed by atoms with Gasteiger partial charge in [0.1, 0.15) is 0 Å². The Balaban J connectivity index is 3.67. The summed E-state index contributed by atoms with van der Waals surface area (Å²) in [6.45, 7) is 7.31. The second kappa shape index (κ2) is 5.14. The van der Waals surface area contributed by atoms with Crippen molar-refractivity contribution in [2.45, 2.75) is 27.2 Å². The van der Waals surface area contributed by atoms with E-state index >= 15 is 0 Å². The van der Waals surface area contributed by atoms with Gasteiger partial charge >= 0.3 is 0 Å². The molecule has 1 N–H and O–H groups in total. The lowest BCUT2D eigenvalue weighted by Gasteiger charge is -2.23. The Labute approximate surface area is 74.5 Å². The van der Waals surface area contributed by atoms with E-state index < -0.39 is 0 Å². The van der Waals surface area contributed by atoms with Crippen LogP contribution in [-0.2, 0) is 9.53 Å². The number of hydrogen-bond acceptors (Lipinski definition) is 2. The molecular weight excluding hydrogens is 154 g/mol. The van der Waals surface area contributed by atoms with Gasteiger partial charge in [-0.3, -0.25) is 4.79 Å². The molecule has 3 nitrogen and oxygen atoms in total. The molecule has 0 radical (unpaired) electrons. The van der Waals surface area contributed by atoms with Crippen LogP contribution in [0.2, 0.25) is 0 Å². The molecule has 3 heteroatoms. The molecule has 0 aliphatic carbocycles. The molecule has 0 unspecified atom stereocenters. The van der Waals surface area contributed by atoms with E-state index in [1.807, 2.05) is 6.92 Å². The molecule has 72 valence electrons. The molecule has 0 atom stereocenters. The topological polar surface area (TPSA) is 38.3 Å². The van der Waals surface area contributed by atoms with Crippen molar-refractivity contribution in [1.82, 2.24) is 5.32 Å². The normalized spacial score (nSPS) is 11.3. The number of carbonyl (C=O) groups excluding carboxylic acids is 1. The second-order valence-electron chi connectivity index (χ2n) is 3.73. The first-order valence-electron chi connectivity index (χ1n) is 4.27. The summed E-state index contributed by atoms with van der Waals surface area (Å²) in [6, 6.07) is 0. The lowest BCUT2D eigenvalue weighted by atomic mass is 9.95. The van der Waals surface area contributed by atoms with Crippen LogP contribution in [0.25, 0.3) is 0 Å². The monoisotopic (exact) mass is 173 g/mol. The fraction of sp³-hybridized carbons (Fsp3) is 0.889. The minimum Gasteiger partial charge on any atom is -0.384 e. The molecular formula is C9H19NO2. The minimum atomic E-state index is 0.0274. The molecule has 0 aliphatic heterocycles. The average Bonchev–Trinajstić information content (AvgIpc) is 2.00. The molecule has 0 bridgehead atoms. The predicted octanol–water partition coefficient (Wildman–Crippen LogP) is 1.19. The Morgan fingerprint density at radius 2 is 2.08 bits per heavy atom. The Kier molecular flexibility index (Phi) is 4.90. The van der Waals surface area contributed by atoms with Gasteiger partial charge in [0, 0.05) is 25.5 Å². The molecule has 0 rings (SSSR count). The molecule has 0 aromatic heterocycles. The number of nitrogens with one attached hydrogen (secondary N) is 1. The number of methoxy groups -OCH3 is 1. The molecule has 1 amide bonds. The molecule has 0 spiro atoms. The molecule has 0 fully saturated rings. The molecule has 0 heterocycles. The summed E-state index contributed by atoms with van der Waals surface area (Å²) in [6.07, 6.45) is 0.545. The molecule has 0 saturated heterocycles. The summed E-state index contributed by atoms with van der Waals surface area (Å²) >= 11 is 0. The van der Waals surface area contributed by atoms with Crippen LogP contribution in [0.3, 0.4) is 0 Å². The minimum absolute atomic E-state index is 0.0274. The van der Waals surface area contributed by atoms with Crippen LogP contribution in [0.1, 0.15) is 27.2 Å². The largest absolute Gasteiger partial charge is 0.384 e. The predicted molar refractivity (Wildman–Crippen MR) is 49.0 cm³/mol. The first-order chi connectivity index (χ1) is 5.52. The van der Waals surface area contributed by atoms with E-state index in [0.29, 0.717) is 19.6 Å². The fourth-order valence-electron chi connectivity index (χ4n) is 0.905. The molecule has 0 aliphatic rings. The van der Waals surface area contributed by atoms with Gasteiger partial charge in [0.25, 0.3) is 0 Å². The van der Waals surface area contributed by atoms with E-state index in [1.54, 1.807) is 7.11 Å². The van der Waals surface area contributed by atoms with Gasteiger partial charge in [0.15, 0.2) is 0 Å². The van der Waals surface area contributed by atoms with Crippen molar-refractivity contribution in [1.29, 1.82) is 0 Å². The zero-order valence-electron chi connectivity index (χ0n) is 8.44. The number of amides is 1. The van der Waals surface area contributed by atoms with Crippen molar-refractivity contribution in [3.05, 3.63) is 0 Å². The maximum atomic E-state index is 10.9. The summed E-state index contributed by atoms with van der Waals surface area (Å²) in [4.78, 5) is 10.9. The van der Waals surface area contributed by atoms with Gasteiger partial charge < -0.3 is 10.1 Å². The Hall–Kier alpha value is -0.570. The SMILES string of the molecule is CCC(=O)NCC(C)(C)COC. The molecule has 12 heavy (non-hydrogen) atoms. The third-order valence-electron chi connectivity index (χ3n) is 1.62. The first-order valence-corrected chi connectivity index (χ1v) is 4.27. The lowest BCUT2D eigenvalue weighted by molar-refractivity contribution is -0.121. The van der Waals surface area contributed by atoms with E-state index in [2.05, 4.69) is 19.2 Å². The zero-order chi connectivity index (χ0) is 9.61. The van der Waals surface area contributed by atoms with Crippen molar-refractivity contribution in [2.75, 3.05) is 20.3 Å². The number of rotatable bonds is 5. The zero-order valence-corrected chi connectivity index (χ0v) is 8.44. The van der Waals surface area contributed by atoms with E-state index in [0.717, 1.165) is 0 Å². The van der Waals surface area contributed by atoms with Crippen LogP contribution < -0.4 is 5.32 Å². The first kappa shape index (κ1) is 11.4. The fourth-order valence-corrected chi connectivity index (χ4v) is 0.905. The average molecular weight is 173 g/mol. The van der Waals surface area contributed by atoms with Crippen LogP contribution in [0.15, 0.2) is 0 Å². The van der Waals surface area contributed by atoms with Gasteiger partial charge in [0.05, 0.1) is 6.61 Å². The molecule has 0 aromatic rings. The van der Waals surface area contributed by atoms with Crippen molar-refractivity contribution >= 4 is 5.91 Å². The smallest absolute Gasteiger partial charge is 0.219 e. The van der Waals surface area contributed by atoms with E-state index in [-0.39, 0.29) is 11.3 Å². The molecule has 0 saturated carbocycles. The van der Waals surface area contributed by atoms with Crippen LogP contribution in [0.4, 0.5) is 0 Å². The standard InChI is InChI=1S/C9H19NO2/c1-5-8(11)10-6-9(2,3)7-12-4/h5-7H2,1-4H3,(H,10,11). The van der Waals surface area contributed by atoms with Gasteiger partial charge in [-0.2, -0.15) is 0 Å².